The highest BCUT2D eigenvalue weighted by Gasteiger charge is 2.15. The monoisotopic (exact) mass is 268 g/mol. The standard InChI is InChI=1S/C11H13ClN4S/c12-9-6-8-10(16-15-9)14-11(17-8)13-7-4-2-1-3-5-7/h6-7H,1-5H2,(H,13,14,16). The van der Waals surface area contributed by atoms with Gasteiger partial charge in [0.2, 0.25) is 0 Å². The SMILES string of the molecule is Clc1cc2sc(NC3CCCCC3)nc2nn1. The molecule has 3 rings (SSSR count). The molecule has 6 heteroatoms. The van der Waals surface area contributed by atoms with E-state index in [1.807, 2.05) is 6.07 Å². The maximum atomic E-state index is 5.80. The average molecular weight is 269 g/mol. The lowest BCUT2D eigenvalue weighted by molar-refractivity contribution is 0.462. The molecule has 0 radical (unpaired) electrons. The van der Waals surface area contributed by atoms with E-state index in [-0.39, 0.29) is 0 Å². The minimum Gasteiger partial charge on any atom is -0.359 e. The summed E-state index contributed by atoms with van der Waals surface area (Å²) in [5.74, 6) is 0. The topological polar surface area (TPSA) is 50.7 Å². The summed E-state index contributed by atoms with van der Waals surface area (Å²) in [4.78, 5) is 4.42. The van der Waals surface area contributed by atoms with Crippen molar-refractivity contribution in [1.82, 2.24) is 15.2 Å². The summed E-state index contributed by atoms with van der Waals surface area (Å²) in [5.41, 5.74) is 0.678. The summed E-state index contributed by atoms with van der Waals surface area (Å²) in [6, 6.07) is 2.38. The van der Waals surface area contributed by atoms with Gasteiger partial charge < -0.3 is 5.32 Å². The molecule has 4 nitrogen and oxygen atoms in total. The van der Waals surface area contributed by atoms with Gasteiger partial charge in [-0.1, -0.05) is 42.2 Å². The minimum atomic E-state index is 0.422. The van der Waals surface area contributed by atoms with E-state index in [1.54, 1.807) is 11.3 Å². The van der Waals surface area contributed by atoms with Gasteiger partial charge in [0.1, 0.15) is 0 Å². The molecule has 0 spiro atoms. The second kappa shape index (κ2) is 4.74. The van der Waals surface area contributed by atoms with Crippen LogP contribution in [0.4, 0.5) is 5.13 Å². The number of hydrogen-bond acceptors (Lipinski definition) is 5. The van der Waals surface area contributed by atoms with Crippen molar-refractivity contribution in [3.63, 3.8) is 0 Å². The van der Waals surface area contributed by atoms with Gasteiger partial charge in [-0.25, -0.2) is 0 Å². The smallest absolute Gasteiger partial charge is 0.194 e. The van der Waals surface area contributed by atoms with Crippen molar-refractivity contribution in [1.29, 1.82) is 0 Å². The molecule has 17 heavy (non-hydrogen) atoms. The molecule has 1 aliphatic carbocycles. The predicted octanol–water partition coefficient (Wildman–Crippen LogP) is 3.48. The average Bonchev–Trinajstić information content (AvgIpc) is 2.71. The Labute approximate surface area is 108 Å². The van der Waals surface area contributed by atoms with E-state index in [0.29, 0.717) is 16.8 Å². The Morgan fingerprint density at radius 3 is 2.88 bits per heavy atom. The molecule has 1 aliphatic rings. The van der Waals surface area contributed by atoms with Gasteiger partial charge in [0, 0.05) is 6.04 Å². The van der Waals surface area contributed by atoms with Crippen molar-refractivity contribution in [3.05, 3.63) is 11.2 Å². The van der Waals surface area contributed by atoms with Gasteiger partial charge in [-0.15, -0.1) is 10.2 Å². The molecule has 0 atom stereocenters. The van der Waals surface area contributed by atoms with Crippen LogP contribution in [0.25, 0.3) is 10.3 Å². The first-order chi connectivity index (χ1) is 8.31. The van der Waals surface area contributed by atoms with Crippen molar-refractivity contribution in [2.75, 3.05) is 5.32 Å². The first kappa shape index (κ1) is 11.2. The molecule has 1 saturated carbocycles. The van der Waals surface area contributed by atoms with Gasteiger partial charge in [0.25, 0.3) is 0 Å². The van der Waals surface area contributed by atoms with Gasteiger partial charge in [-0.2, -0.15) is 4.98 Å². The molecule has 2 heterocycles. The van der Waals surface area contributed by atoms with Crippen molar-refractivity contribution >= 4 is 38.4 Å². The molecule has 1 fully saturated rings. The maximum Gasteiger partial charge on any atom is 0.194 e. The zero-order valence-electron chi connectivity index (χ0n) is 9.32. The van der Waals surface area contributed by atoms with E-state index in [0.717, 1.165) is 9.83 Å². The Morgan fingerprint density at radius 1 is 1.24 bits per heavy atom. The number of nitrogens with one attached hydrogen (secondary N) is 1. The summed E-state index contributed by atoms with van der Waals surface area (Å²) < 4.78 is 0.989. The van der Waals surface area contributed by atoms with Crippen LogP contribution >= 0.6 is 22.9 Å². The number of thiazole rings is 1. The predicted molar refractivity (Wildman–Crippen MR) is 70.7 cm³/mol. The van der Waals surface area contributed by atoms with Crippen LogP contribution in [0.1, 0.15) is 32.1 Å². The summed E-state index contributed by atoms with van der Waals surface area (Å²) in [6.07, 6.45) is 6.46. The number of halogens is 1. The van der Waals surface area contributed by atoms with Crippen molar-refractivity contribution in [3.8, 4) is 0 Å². The molecule has 2 aromatic heterocycles. The van der Waals surface area contributed by atoms with E-state index in [1.165, 1.54) is 32.1 Å². The van der Waals surface area contributed by atoms with Gasteiger partial charge in [-0.05, 0) is 18.9 Å². The summed E-state index contributed by atoms with van der Waals surface area (Å²) in [7, 11) is 0. The highest BCUT2D eigenvalue weighted by Crippen LogP contribution is 2.28. The third-order valence-electron chi connectivity index (χ3n) is 3.06. The van der Waals surface area contributed by atoms with E-state index in [9.17, 15) is 0 Å². The normalized spacial score (nSPS) is 17.5. The lowest BCUT2D eigenvalue weighted by Gasteiger charge is -2.22. The van der Waals surface area contributed by atoms with Crippen LogP contribution in [0.3, 0.4) is 0 Å². The number of rotatable bonds is 2. The molecule has 1 N–H and O–H groups in total. The molecule has 0 bridgehead atoms. The van der Waals surface area contributed by atoms with Crippen LogP contribution in [0.2, 0.25) is 5.15 Å². The second-order valence-electron chi connectivity index (χ2n) is 4.35. The van der Waals surface area contributed by atoms with Gasteiger partial charge in [-0.3, -0.25) is 0 Å². The van der Waals surface area contributed by atoms with E-state index >= 15 is 0 Å². The lowest BCUT2D eigenvalue weighted by Crippen LogP contribution is -2.21. The molecular formula is C11H13ClN4S. The highest BCUT2D eigenvalue weighted by molar-refractivity contribution is 7.22. The Kier molecular flexibility index (Phi) is 3.11. The molecule has 0 unspecified atom stereocenters. The molecule has 2 aromatic rings. The van der Waals surface area contributed by atoms with Crippen LogP contribution in [0, 0.1) is 0 Å². The summed E-state index contributed by atoms with van der Waals surface area (Å²) >= 11 is 7.40. The van der Waals surface area contributed by atoms with Crippen LogP contribution in [0.5, 0.6) is 0 Å². The number of hydrogen-bond donors (Lipinski definition) is 1. The number of aromatic nitrogens is 3. The largest absolute Gasteiger partial charge is 0.359 e. The maximum absolute atomic E-state index is 5.80. The fraction of sp³-hybridized carbons (Fsp3) is 0.545. The van der Waals surface area contributed by atoms with Crippen molar-refractivity contribution in [2.45, 2.75) is 38.1 Å². The summed E-state index contributed by atoms with van der Waals surface area (Å²) in [6.45, 7) is 0. The van der Waals surface area contributed by atoms with Crippen molar-refractivity contribution in [2.24, 2.45) is 0 Å². The molecule has 0 saturated heterocycles. The first-order valence-corrected chi connectivity index (χ1v) is 7.07. The molecule has 0 aliphatic heterocycles. The number of nitrogens with zero attached hydrogens (tertiary/aromatic N) is 3. The Morgan fingerprint density at radius 2 is 2.06 bits per heavy atom. The lowest BCUT2D eigenvalue weighted by atomic mass is 9.96. The van der Waals surface area contributed by atoms with Crippen LogP contribution in [-0.2, 0) is 0 Å². The minimum absolute atomic E-state index is 0.422. The quantitative estimate of drug-likeness (QED) is 0.906. The highest BCUT2D eigenvalue weighted by atomic mass is 35.5. The van der Waals surface area contributed by atoms with E-state index < -0.39 is 0 Å². The van der Waals surface area contributed by atoms with E-state index in [4.69, 9.17) is 11.6 Å². The molecule has 0 amide bonds. The zero-order chi connectivity index (χ0) is 11.7. The number of fused-ring (bicyclic) bond motifs is 1. The Hall–Kier alpha value is -0.940. The molecule has 90 valence electrons. The molecule has 0 aromatic carbocycles. The Bertz CT molecular complexity index is 521. The van der Waals surface area contributed by atoms with Crippen LogP contribution in [0.15, 0.2) is 6.07 Å². The van der Waals surface area contributed by atoms with E-state index in [2.05, 4.69) is 20.5 Å². The fourth-order valence-corrected chi connectivity index (χ4v) is 3.33. The third kappa shape index (κ3) is 2.50. The zero-order valence-corrected chi connectivity index (χ0v) is 10.9. The van der Waals surface area contributed by atoms with Crippen molar-refractivity contribution < 1.29 is 0 Å². The summed E-state index contributed by atoms with van der Waals surface area (Å²) in [5, 5.41) is 12.6. The number of anilines is 1. The van der Waals surface area contributed by atoms with Gasteiger partial charge in [0.05, 0.1) is 4.70 Å². The first-order valence-electron chi connectivity index (χ1n) is 5.87. The van der Waals surface area contributed by atoms with Gasteiger partial charge >= 0.3 is 0 Å². The van der Waals surface area contributed by atoms with Crippen LogP contribution in [-0.4, -0.2) is 21.2 Å². The third-order valence-corrected chi connectivity index (χ3v) is 4.17. The fourth-order valence-electron chi connectivity index (χ4n) is 2.21. The Balaban J connectivity index is 1.80. The second-order valence-corrected chi connectivity index (χ2v) is 5.77. The molecular weight excluding hydrogens is 256 g/mol. The van der Waals surface area contributed by atoms with Gasteiger partial charge in [0.15, 0.2) is 15.9 Å². The van der Waals surface area contributed by atoms with Crippen LogP contribution < -0.4 is 5.32 Å².